The van der Waals surface area contributed by atoms with Gasteiger partial charge in [-0.25, -0.2) is 9.18 Å². The van der Waals surface area contributed by atoms with Crippen molar-refractivity contribution in [1.82, 2.24) is 10.6 Å². The molecule has 1 unspecified atom stereocenters. The highest BCUT2D eigenvalue weighted by Crippen LogP contribution is 2.25. The summed E-state index contributed by atoms with van der Waals surface area (Å²) in [5, 5.41) is 15.0. The maximum absolute atomic E-state index is 13.6. The molecular formula is C15H19FN2O3. The van der Waals surface area contributed by atoms with Crippen LogP contribution >= 0.6 is 0 Å². The average Bonchev–Trinajstić information content (AvgIpc) is 2.90. The first kappa shape index (κ1) is 15.3. The molecule has 0 spiro atoms. The van der Waals surface area contributed by atoms with Crippen molar-refractivity contribution < 1.29 is 18.7 Å². The zero-order chi connectivity index (χ0) is 15.4. The van der Waals surface area contributed by atoms with Crippen molar-refractivity contribution in [3.63, 3.8) is 0 Å². The van der Waals surface area contributed by atoms with Gasteiger partial charge in [0.2, 0.25) is 0 Å². The smallest absolute Gasteiger partial charge is 0.315 e. The molecule has 1 heterocycles. The summed E-state index contributed by atoms with van der Waals surface area (Å²) < 4.78 is 19.0. The summed E-state index contributed by atoms with van der Waals surface area (Å²) >= 11 is 0. The van der Waals surface area contributed by atoms with Gasteiger partial charge < -0.3 is 20.2 Å². The molecule has 0 bridgehead atoms. The lowest BCUT2D eigenvalue weighted by Crippen LogP contribution is -2.44. The first-order valence-electron chi connectivity index (χ1n) is 6.91. The monoisotopic (exact) mass is 294 g/mol. The molecule has 2 atom stereocenters. The van der Waals surface area contributed by atoms with E-state index >= 15 is 0 Å². The third-order valence-electron chi connectivity index (χ3n) is 3.34. The van der Waals surface area contributed by atoms with Crippen LogP contribution in [0.4, 0.5) is 9.18 Å². The van der Waals surface area contributed by atoms with E-state index in [1.807, 2.05) is 6.92 Å². The highest BCUT2D eigenvalue weighted by molar-refractivity contribution is 5.79. The number of fused-ring (bicyclic) bond motifs is 1. The Morgan fingerprint density at radius 3 is 2.81 bits per heavy atom. The van der Waals surface area contributed by atoms with E-state index in [0.717, 1.165) is 0 Å². The van der Waals surface area contributed by atoms with Crippen LogP contribution in [0.25, 0.3) is 11.0 Å². The fraction of sp³-hybridized carbons (Fsp3) is 0.400. The predicted molar refractivity (Wildman–Crippen MR) is 77.4 cm³/mol. The lowest BCUT2D eigenvalue weighted by atomic mass is 10.2. The van der Waals surface area contributed by atoms with Crippen molar-refractivity contribution >= 4 is 17.0 Å². The molecule has 1 aromatic heterocycles. The third-order valence-corrected chi connectivity index (χ3v) is 3.34. The van der Waals surface area contributed by atoms with Crippen LogP contribution in [0.2, 0.25) is 0 Å². The second-order valence-electron chi connectivity index (χ2n) is 4.93. The number of carbonyl (C=O) groups is 1. The number of furan rings is 1. The van der Waals surface area contributed by atoms with Crippen LogP contribution in [0.1, 0.15) is 32.1 Å². The van der Waals surface area contributed by atoms with E-state index < -0.39 is 17.9 Å². The highest BCUT2D eigenvalue weighted by atomic mass is 19.1. The molecule has 3 N–H and O–H groups in total. The Balaban J connectivity index is 2.06. The molecule has 21 heavy (non-hydrogen) atoms. The number of urea groups is 1. The Morgan fingerprint density at radius 1 is 1.43 bits per heavy atom. The normalized spacial score (nSPS) is 13.9. The number of carbonyl (C=O) groups excluding carboxylic acids is 1. The summed E-state index contributed by atoms with van der Waals surface area (Å²) in [6, 6.07) is 5.29. The number of hydrogen-bond acceptors (Lipinski definition) is 3. The van der Waals surface area contributed by atoms with Gasteiger partial charge in [-0.05, 0) is 25.5 Å². The number of hydrogen-bond donors (Lipinski definition) is 3. The van der Waals surface area contributed by atoms with Crippen molar-refractivity contribution in [3.8, 4) is 0 Å². The zero-order valence-electron chi connectivity index (χ0n) is 12.0. The maximum atomic E-state index is 13.6. The first-order valence-corrected chi connectivity index (χ1v) is 6.91. The highest BCUT2D eigenvalue weighted by Gasteiger charge is 2.17. The fourth-order valence-electron chi connectivity index (χ4n) is 2.03. The van der Waals surface area contributed by atoms with Crippen molar-refractivity contribution in [2.75, 3.05) is 6.61 Å². The number of halogens is 1. The summed E-state index contributed by atoms with van der Waals surface area (Å²) in [4.78, 5) is 11.8. The van der Waals surface area contributed by atoms with Crippen LogP contribution in [0.5, 0.6) is 0 Å². The molecule has 0 aliphatic carbocycles. The minimum atomic E-state index is -0.429. The molecular weight excluding hydrogens is 275 g/mol. The number of para-hydroxylation sites is 1. The SMILES string of the molecule is CC[C@H](CO)NC(=O)NC(C)c1cc2cccc(F)c2o1. The van der Waals surface area contributed by atoms with Gasteiger partial charge >= 0.3 is 6.03 Å². The molecule has 0 aliphatic heterocycles. The number of benzene rings is 1. The van der Waals surface area contributed by atoms with Gasteiger partial charge in [0.15, 0.2) is 11.4 Å². The van der Waals surface area contributed by atoms with Crippen LogP contribution in [0.15, 0.2) is 28.7 Å². The van der Waals surface area contributed by atoms with Crippen LogP contribution in [0.3, 0.4) is 0 Å². The first-order chi connectivity index (χ1) is 10.0. The van der Waals surface area contributed by atoms with E-state index in [1.54, 1.807) is 25.1 Å². The molecule has 2 aromatic rings. The molecule has 0 fully saturated rings. The number of amides is 2. The Morgan fingerprint density at radius 2 is 2.19 bits per heavy atom. The van der Waals surface area contributed by atoms with Gasteiger partial charge in [0.25, 0.3) is 0 Å². The predicted octanol–water partition coefficient (Wildman–Crippen LogP) is 2.70. The molecule has 2 amide bonds. The Hall–Kier alpha value is -2.08. The molecule has 2 rings (SSSR count). The second kappa shape index (κ2) is 6.58. The molecule has 1 aromatic carbocycles. The number of aliphatic hydroxyl groups excluding tert-OH is 1. The third kappa shape index (κ3) is 3.52. The van der Waals surface area contributed by atoms with Crippen LogP contribution in [0, 0.1) is 5.82 Å². The van der Waals surface area contributed by atoms with Crippen LogP contribution in [-0.2, 0) is 0 Å². The zero-order valence-corrected chi connectivity index (χ0v) is 12.0. The minimum Gasteiger partial charge on any atom is -0.456 e. The standard InChI is InChI=1S/C15H19FN2O3/c1-3-11(8-19)18-15(20)17-9(2)13-7-10-5-4-6-12(16)14(10)21-13/h4-7,9,11,19H,3,8H2,1-2H3,(H2,17,18,20)/t9?,11-/m1/s1. The van der Waals surface area contributed by atoms with E-state index in [2.05, 4.69) is 10.6 Å². The Labute approximate surface area is 122 Å². The van der Waals surface area contributed by atoms with Gasteiger partial charge in [0, 0.05) is 5.39 Å². The molecule has 6 heteroatoms. The van der Waals surface area contributed by atoms with Gasteiger partial charge in [-0.3, -0.25) is 0 Å². The number of nitrogens with one attached hydrogen (secondary N) is 2. The van der Waals surface area contributed by atoms with Gasteiger partial charge in [0.1, 0.15) is 5.76 Å². The van der Waals surface area contributed by atoms with Crippen LogP contribution < -0.4 is 10.6 Å². The summed E-state index contributed by atoms with van der Waals surface area (Å²) in [5.74, 6) is 0.0454. The number of rotatable bonds is 5. The summed E-state index contributed by atoms with van der Waals surface area (Å²) in [6.07, 6.45) is 0.633. The van der Waals surface area contributed by atoms with Crippen molar-refractivity contribution in [1.29, 1.82) is 0 Å². The quantitative estimate of drug-likeness (QED) is 0.793. The van der Waals surface area contributed by atoms with E-state index in [1.165, 1.54) is 6.07 Å². The Bertz CT molecular complexity index is 622. The van der Waals surface area contributed by atoms with E-state index in [4.69, 9.17) is 9.52 Å². The summed E-state index contributed by atoms with van der Waals surface area (Å²) in [5.41, 5.74) is 0.184. The molecule has 114 valence electrons. The molecule has 0 aliphatic rings. The van der Waals surface area contributed by atoms with Gasteiger partial charge in [-0.15, -0.1) is 0 Å². The average molecular weight is 294 g/mol. The molecule has 0 saturated heterocycles. The second-order valence-corrected chi connectivity index (χ2v) is 4.93. The number of aliphatic hydroxyl groups is 1. The lowest BCUT2D eigenvalue weighted by Gasteiger charge is -2.17. The van der Waals surface area contributed by atoms with Gasteiger partial charge in [0.05, 0.1) is 18.7 Å². The van der Waals surface area contributed by atoms with Gasteiger partial charge in [-0.2, -0.15) is 0 Å². The fourth-order valence-corrected chi connectivity index (χ4v) is 2.03. The largest absolute Gasteiger partial charge is 0.456 e. The lowest BCUT2D eigenvalue weighted by molar-refractivity contribution is 0.211. The van der Waals surface area contributed by atoms with Crippen molar-refractivity contribution in [2.24, 2.45) is 0 Å². The summed E-state index contributed by atoms with van der Waals surface area (Å²) in [6.45, 7) is 3.50. The van der Waals surface area contributed by atoms with E-state index in [0.29, 0.717) is 17.6 Å². The van der Waals surface area contributed by atoms with Gasteiger partial charge in [-0.1, -0.05) is 19.1 Å². The molecule has 5 nitrogen and oxygen atoms in total. The Kier molecular flexibility index (Phi) is 4.80. The van der Waals surface area contributed by atoms with E-state index in [-0.39, 0.29) is 18.2 Å². The van der Waals surface area contributed by atoms with E-state index in [9.17, 15) is 9.18 Å². The van der Waals surface area contributed by atoms with Crippen LogP contribution in [-0.4, -0.2) is 23.8 Å². The topological polar surface area (TPSA) is 74.5 Å². The minimum absolute atomic E-state index is 0.117. The molecule has 0 saturated carbocycles. The van der Waals surface area contributed by atoms with Crippen molar-refractivity contribution in [2.45, 2.75) is 32.4 Å². The molecule has 0 radical (unpaired) electrons. The maximum Gasteiger partial charge on any atom is 0.315 e. The summed E-state index contributed by atoms with van der Waals surface area (Å²) in [7, 11) is 0. The van der Waals surface area contributed by atoms with Crippen molar-refractivity contribution in [3.05, 3.63) is 35.8 Å².